The summed E-state index contributed by atoms with van der Waals surface area (Å²) in [6, 6.07) is 8.28. The normalized spacial score (nSPS) is 11.2. The SMILES string of the molecule is COc1cc(C)c(C)cc1S(=O)(=O)NCC(=O)Nc1ccc(F)cc1. The molecule has 0 atom stereocenters. The molecule has 6 nitrogen and oxygen atoms in total. The predicted octanol–water partition coefficient (Wildman–Crippen LogP) is 2.37. The van der Waals surface area contributed by atoms with Crippen LogP contribution in [0, 0.1) is 19.7 Å². The van der Waals surface area contributed by atoms with E-state index in [4.69, 9.17) is 4.74 Å². The first kappa shape index (κ1) is 18.9. The second kappa shape index (κ2) is 7.62. The third-order valence-electron chi connectivity index (χ3n) is 3.62. The van der Waals surface area contributed by atoms with Crippen LogP contribution < -0.4 is 14.8 Å². The lowest BCUT2D eigenvalue weighted by Gasteiger charge is -2.13. The highest BCUT2D eigenvalue weighted by molar-refractivity contribution is 7.89. The highest BCUT2D eigenvalue weighted by atomic mass is 32.2. The molecule has 0 heterocycles. The number of carbonyl (C=O) groups excluding carboxylic acids is 1. The topological polar surface area (TPSA) is 84.5 Å². The lowest BCUT2D eigenvalue weighted by atomic mass is 10.1. The van der Waals surface area contributed by atoms with Crippen LogP contribution in [0.2, 0.25) is 0 Å². The second-order valence-electron chi connectivity index (χ2n) is 5.47. The summed E-state index contributed by atoms with van der Waals surface area (Å²) in [6.45, 7) is 3.17. The summed E-state index contributed by atoms with van der Waals surface area (Å²) in [5.74, 6) is -0.798. The zero-order valence-corrected chi connectivity index (χ0v) is 14.9. The smallest absolute Gasteiger partial charge is 0.244 e. The van der Waals surface area contributed by atoms with Gasteiger partial charge in [-0.3, -0.25) is 4.79 Å². The fourth-order valence-corrected chi connectivity index (χ4v) is 3.33. The third kappa shape index (κ3) is 4.77. The summed E-state index contributed by atoms with van der Waals surface area (Å²) >= 11 is 0. The maximum Gasteiger partial charge on any atom is 0.244 e. The highest BCUT2D eigenvalue weighted by Crippen LogP contribution is 2.27. The molecule has 2 aromatic rings. The molecule has 0 radical (unpaired) electrons. The largest absolute Gasteiger partial charge is 0.495 e. The summed E-state index contributed by atoms with van der Waals surface area (Å²) in [4.78, 5) is 11.9. The van der Waals surface area contributed by atoms with Gasteiger partial charge in [0, 0.05) is 5.69 Å². The minimum atomic E-state index is -3.93. The maximum atomic E-state index is 12.8. The molecule has 0 aromatic heterocycles. The summed E-state index contributed by atoms with van der Waals surface area (Å²) in [5.41, 5.74) is 2.05. The van der Waals surface area contributed by atoms with Crippen molar-refractivity contribution in [2.24, 2.45) is 0 Å². The number of amides is 1. The van der Waals surface area contributed by atoms with Crippen molar-refractivity contribution in [3.63, 3.8) is 0 Å². The van der Waals surface area contributed by atoms with E-state index >= 15 is 0 Å². The Bertz CT molecular complexity index is 880. The van der Waals surface area contributed by atoms with Gasteiger partial charge in [0.15, 0.2) is 0 Å². The van der Waals surface area contributed by atoms with Gasteiger partial charge in [-0.15, -0.1) is 0 Å². The number of halogens is 1. The minimum absolute atomic E-state index is 0.0346. The molecule has 25 heavy (non-hydrogen) atoms. The van der Waals surface area contributed by atoms with Gasteiger partial charge < -0.3 is 10.1 Å². The third-order valence-corrected chi connectivity index (χ3v) is 5.04. The Balaban J connectivity index is 2.10. The summed E-state index contributed by atoms with van der Waals surface area (Å²) < 4.78 is 45.1. The van der Waals surface area contributed by atoms with Crippen molar-refractivity contribution < 1.29 is 22.3 Å². The Hall–Kier alpha value is -2.45. The molecule has 0 bridgehead atoms. The number of anilines is 1. The van der Waals surface area contributed by atoms with Crippen LogP contribution >= 0.6 is 0 Å². The van der Waals surface area contributed by atoms with E-state index in [1.165, 1.54) is 37.4 Å². The molecular weight excluding hydrogens is 347 g/mol. The Morgan fingerprint density at radius 2 is 1.72 bits per heavy atom. The molecule has 0 fully saturated rings. The number of hydrogen-bond acceptors (Lipinski definition) is 4. The van der Waals surface area contributed by atoms with Crippen LogP contribution in [-0.4, -0.2) is 28.0 Å². The molecule has 0 saturated heterocycles. The highest BCUT2D eigenvalue weighted by Gasteiger charge is 2.21. The Morgan fingerprint density at radius 1 is 1.12 bits per heavy atom. The van der Waals surface area contributed by atoms with Crippen LogP contribution in [0.1, 0.15) is 11.1 Å². The molecule has 0 unspecified atom stereocenters. The van der Waals surface area contributed by atoms with E-state index < -0.39 is 28.3 Å². The maximum absolute atomic E-state index is 12.8. The standard InChI is InChI=1S/C17H19FN2O4S/c1-11-8-15(24-3)16(9-12(11)2)25(22,23)19-10-17(21)20-14-6-4-13(18)5-7-14/h4-9,19H,10H2,1-3H3,(H,20,21). The van der Waals surface area contributed by atoms with Crippen LogP contribution in [0.25, 0.3) is 0 Å². The minimum Gasteiger partial charge on any atom is -0.495 e. The van der Waals surface area contributed by atoms with E-state index in [1.54, 1.807) is 13.0 Å². The van der Waals surface area contributed by atoms with Crippen LogP contribution in [-0.2, 0) is 14.8 Å². The van der Waals surface area contributed by atoms with E-state index in [0.29, 0.717) is 5.69 Å². The monoisotopic (exact) mass is 366 g/mol. The molecule has 0 spiro atoms. The molecule has 2 aromatic carbocycles. The molecule has 0 aliphatic heterocycles. The van der Waals surface area contributed by atoms with Gasteiger partial charge in [-0.05, 0) is 61.4 Å². The molecule has 0 saturated carbocycles. The van der Waals surface area contributed by atoms with Gasteiger partial charge in [0.1, 0.15) is 16.5 Å². The van der Waals surface area contributed by atoms with Crippen molar-refractivity contribution in [3.8, 4) is 5.75 Å². The lowest BCUT2D eigenvalue weighted by molar-refractivity contribution is -0.115. The van der Waals surface area contributed by atoms with E-state index in [-0.39, 0.29) is 10.6 Å². The first-order valence-electron chi connectivity index (χ1n) is 7.43. The second-order valence-corrected chi connectivity index (χ2v) is 7.20. The number of methoxy groups -OCH3 is 1. The van der Waals surface area contributed by atoms with E-state index in [2.05, 4.69) is 10.0 Å². The Kier molecular flexibility index (Phi) is 5.76. The number of benzene rings is 2. The van der Waals surface area contributed by atoms with Gasteiger partial charge in [-0.25, -0.2) is 17.5 Å². The fraction of sp³-hybridized carbons (Fsp3) is 0.235. The van der Waals surface area contributed by atoms with E-state index in [9.17, 15) is 17.6 Å². The zero-order chi connectivity index (χ0) is 18.6. The van der Waals surface area contributed by atoms with Gasteiger partial charge in [0.05, 0.1) is 13.7 Å². The van der Waals surface area contributed by atoms with Crippen LogP contribution in [0.3, 0.4) is 0 Å². The number of nitrogens with one attached hydrogen (secondary N) is 2. The van der Waals surface area contributed by atoms with Crippen molar-refractivity contribution in [3.05, 3.63) is 53.3 Å². The molecule has 0 aliphatic carbocycles. The number of rotatable bonds is 6. The quantitative estimate of drug-likeness (QED) is 0.822. The fourth-order valence-electron chi connectivity index (χ4n) is 2.11. The molecule has 2 rings (SSSR count). The molecule has 0 aliphatic rings. The number of hydrogen-bond donors (Lipinski definition) is 2. The number of carbonyl (C=O) groups is 1. The number of aryl methyl sites for hydroxylation is 2. The summed E-state index contributed by atoms with van der Waals surface area (Å²) in [7, 11) is -2.55. The van der Waals surface area contributed by atoms with Crippen molar-refractivity contribution in [1.29, 1.82) is 0 Å². The van der Waals surface area contributed by atoms with Gasteiger partial charge in [-0.1, -0.05) is 0 Å². The van der Waals surface area contributed by atoms with Crippen molar-refractivity contribution in [2.75, 3.05) is 19.0 Å². The molecule has 8 heteroatoms. The Morgan fingerprint density at radius 3 is 2.32 bits per heavy atom. The van der Waals surface area contributed by atoms with Gasteiger partial charge in [0.2, 0.25) is 15.9 Å². The summed E-state index contributed by atoms with van der Waals surface area (Å²) in [6.07, 6.45) is 0. The predicted molar refractivity (Wildman–Crippen MR) is 92.7 cm³/mol. The first-order chi connectivity index (χ1) is 11.7. The molecular formula is C17H19FN2O4S. The number of ether oxygens (including phenoxy) is 1. The van der Waals surface area contributed by atoms with Crippen LogP contribution in [0.15, 0.2) is 41.3 Å². The van der Waals surface area contributed by atoms with Crippen LogP contribution in [0.4, 0.5) is 10.1 Å². The average Bonchev–Trinajstić information content (AvgIpc) is 2.57. The van der Waals surface area contributed by atoms with Gasteiger partial charge >= 0.3 is 0 Å². The zero-order valence-electron chi connectivity index (χ0n) is 14.1. The van der Waals surface area contributed by atoms with Crippen LogP contribution in [0.5, 0.6) is 5.75 Å². The molecule has 2 N–H and O–H groups in total. The van der Waals surface area contributed by atoms with E-state index in [1.807, 2.05) is 6.92 Å². The molecule has 134 valence electrons. The first-order valence-corrected chi connectivity index (χ1v) is 8.91. The summed E-state index contributed by atoms with van der Waals surface area (Å²) in [5, 5.41) is 2.48. The van der Waals surface area contributed by atoms with Gasteiger partial charge in [0.25, 0.3) is 0 Å². The van der Waals surface area contributed by atoms with Crippen molar-refractivity contribution >= 4 is 21.6 Å². The van der Waals surface area contributed by atoms with Crippen molar-refractivity contribution in [1.82, 2.24) is 4.72 Å². The number of sulfonamides is 1. The van der Waals surface area contributed by atoms with E-state index in [0.717, 1.165) is 11.1 Å². The Labute approximate surface area is 146 Å². The van der Waals surface area contributed by atoms with Crippen molar-refractivity contribution in [2.45, 2.75) is 18.7 Å². The van der Waals surface area contributed by atoms with Gasteiger partial charge in [-0.2, -0.15) is 0 Å². The average molecular weight is 366 g/mol. The lowest BCUT2D eigenvalue weighted by Crippen LogP contribution is -2.33. The molecule has 1 amide bonds.